The standard InChI is InChI=1S/C16H21N3O2S/c1-4-21-13-7-5-12(6-8-13)14-11(3)22-16(18-14)19-15(20)10(2)9-17/h5-8,10H,4,9,17H2,1-3H3,(H,18,19,20). The minimum Gasteiger partial charge on any atom is -0.494 e. The topological polar surface area (TPSA) is 77.2 Å². The molecule has 2 aromatic rings. The Balaban J connectivity index is 2.17. The van der Waals surface area contributed by atoms with Crippen LogP contribution >= 0.6 is 11.3 Å². The van der Waals surface area contributed by atoms with E-state index in [1.165, 1.54) is 11.3 Å². The van der Waals surface area contributed by atoms with Crippen LogP contribution in [-0.4, -0.2) is 24.0 Å². The van der Waals surface area contributed by atoms with Gasteiger partial charge in [0.1, 0.15) is 5.75 Å². The second-order valence-corrected chi connectivity index (χ2v) is 6.21. The van der Waals surface area contributed by atoms with Gasteiger partial charge < -0.3 is 15.8 Å². The SMILES string of the molecule is CCOc1ccc(-c2nc(NC(=O)C(C)CN)sc2C)cc1. The van der Waals surface area contributed by atoms with Gasteiger partial charge in [-0.1, -0.05) is 6.92 Å². The first-order valence-electron chi connectivity index (χ1n) is 7.26. The van der Waals surface area contributed by atoms with Gasteiger partial charge in [0.2, 0.25) is 5.91 Å². The Bertz CT molecular complexity index is 637. The zero-order chi connectivity index (χ0) is 16.1. The van der Waals surface area contributed by atoms with Crippen LogP contribution in [0.1, 0.15) is 18.7 Å². The molecule has 1 atom stereocenters. The van der Waals surface area contributed by atoms with Crippen molar-refractivity contribution in [1.82, 2.24) is 4.98 Å². The van der Waals surface area contributed by atoms with Crippen molar-refractivity contribution in [3.63, 3.8) is 0 Å². The summed E-state index contributed by atoms with van der Waals surface area (Å²) in [6.07, 6.45) is 0. The number of thiazole rings is 1. The van der Waals surface area contributed by atoms with Gasteiger partial charge in [-0.05, 0) is 38.1 Å². The zero-order valence-electron chi connectivity index (χ0n) is 13.1. The van der Waals surface area contributed by atoms with E-state index in [0.29, 0.717) is 18.3 Å². The normalized spacial score (nSPS) is 12.0. The number of benzene rings is 1. The fraction of sp³-hybridized carbons (Fsp3) is 0.375. The number of nitrogens with two attached hydrogens (primary N) is 1. The van der Waals surface area contributed by atoms with Gasteiger partial charge in [0, 0.05) is 22.9 Å². The van der Waals surface area contributed by atoms with E-state index in [-0.39, 0.29) is 11.8 Å². The van der Waals surface area contributed by atoms with Crippen LogP contribution in [0.4, 0.5) is 5.13 Å². The maximum atomic E-state index is 11.9. The molecule has 6 heteroatoms. The van der Waals surface area contributed by atoms with Gasteiger partial charge in [-0.15, -0.1) is 11.3 Å². The van der Waals surface area contributed by atoms with Crippen molar-refractivity contribution in [2.24, 2.45) is 11.7 Å². The van der Waals surface area contributed by atoms with Gasteiger partial charge in [-0.3, -0.25) is 4.79 Å². The Morgan fingerprint density at radius 2 is 2.09 bits per heavy atom. The fourth-order valence-electron chi connectivity index (χ4n) is 1.93. The third kappa shape index (κ3) is 3.84. The quantitative estimate of drug-likeness (QED) is 0.858. The molecule has 22 heavy (non-hydrogen) atoms. The van der Waals surface area contributed by atoms with Crippen molar-refractivity contribution in [3.05, 3.63) is 29.1 Å². The van der Waals surface area contributed by atoms with E-state index in [0.717, 1.165) is 21.9 Å². The van der Waals surface area contributed by atoms with Crippen molar-refractivity contribution >= 4 is 22.4 Å². The third-order valence-electron chi connectivity index (χ3n) is 3.27. The van der Waals surface area contributed by atoms with Crippen LogP contribution in [0, 0.1) is 12.8 Å². The van der Waals surface area contributed by atoms with Crippen LogP contribution in [0.2, 0.25) is 0 Å². The summed E-state index contributed by atoms with van der Waals surface area (Å²) in [5, 5.41) is 3.42. The van der Waals surface area contributed by atoms with Crippen molar-refractivity contribution in [2.75, 3.05) is 18.5 Å². The number of nitrogens with one attached hydrogen (secondary N) is 1. The number of aryl methyl sites for hydroxylation is 1. The minimum atomic E-state index is -0.224. The number of carbonyl (C=O) groups excluding carboxylic acids is 1. The van der Waals surface area contributed by atoms with E-state index >= 15 is 0 Å². The Morgan fingerprint density at radius 1 is 1.41 bits per heavy atom. The van der Waals surface area contributed by atoms with Gasteiger partial charge in [0.15, 0.2) is 5.13 Å². The second-order valence-electron chi connectivity index (χ2n) is 5.01. The number of nitrogens with zero attached hydrogens (tertiary/aromatic N) is 1. The summed E-state index contributed by atoms with van der Waals surface area (Å²) < 4.78 is 5.44. The van der Waals surface area contributed by atoms with Crippen LogP contribution in [0.15, 0.2) is 24.3 Å². The van der Waals surface area contributed by atoms with Crippen LogP contribution in [0.3, 0.4) is 0 Å². The average molecular weight is 319 g/mol. The summed E-state index contributed by atoms with van der Waals surface area (Å²) >= 11 is 1.46. The Labute approximate surface area is 134 Å². The highest BCUT2D eigenvalue weighted by atomic mass is 32.1. The maximum Gasteiger partial charge on any atom is 0.230 e. The molecule has 5 nitrogen and oxygen atoms in total. The van der Waals surface area contributed by atoms with E-state index in [1.807, 2.05) is 38.1 Å². The molecule has 0 bridgehead atoms. The molecule has 0 aliphatic heterocycles. The molecule has 1 aromatic carbocycles. The van der Waals surface area contributed by atoms with Gasteiger partial charge in [0.25, 0.3) is 0 Å². The van der Waals surface area contributed by atoms with Crippen LogP contribution in [0.5, 0.6) is 5.75 Å². The van der Waals surface area contributed by atoms with Crippen molar-refractivity contribution in [2.45, 2.75) is 20.8 Å². The third-order valence-corrected chi connectivity index (χ3v) is 4.15. The van der Waals surface area contributed by atoms with E-state index < -0.39 is 0 Å². The van der Waals surface area contributed by atoms with Crippen LogP contribution < -0.4 is 15.8 Å². The van der Waals surface area contributed by atoms with Crippen LogP contribution in [-0.2, 0) is 4.79 Å². The maximum absolute atomic E-state index is 11.9. The monoisotopic (exact) mass is 319 g/mol. The van der Waals surface area contributed by atoms with Gasteiger partial charge in [-0.2, -0.15) is 0 Å². The van der Waals surface area contributed by atoms with E-state index in [9.17, 15) is 4.79 Å². The van der Waals surface area contributed by atoms with Crippen LogP contribution in [0.25, 0.3) is 11.3 Å². The molecule has 0 saturated carbocycles. The fourth-order valence-corrected chi connectivity index (χ4v) is 2.77. The predicted molar refractivity (Wildman–Crippen MR) is 90.3 cm³/mol. The number of anilines is 1. The summed E-state index contributed by atoms with van der Waals surface area (Å²) in [6.45, 7) is 6.71. The van der Waals surface area contributed by atoms with Crippen molar-refractivity contribution in [3.8, 4) is 17.0 Å². The van der Waals surface area contributed by atoms with E-state index in [1.54, 1.807) is 6.92 Å². The zero-order valence-corrected chi connectivity index (χ0v) is 13.9. The number of amides is 1. The van der Waals surface area contributed by atoms with Gasteiger partial charge >= 0.3 is 0 Å². The first-order valence-corrected chi connectivity index (χ1v) is 8.08. The second kappa shape index (κ2) is 7.38. The Morgan fingerprint density at radius 3 is 2.68 bits per heavy atom. The molecule has 0 aliphatic carbocycles. The highest BCUT2D eigenvalue weighted by Gasteiger charge is 2.15. The number of hydrogen-bond donors (Lipinski definition) is 2. The molecule has 1 aromatic heterocycles. The molecule has 1 amide bonds. The van der Waals surface area contributed by atoms with E-state index in [2.05, 4.69) is 10.3 Å². The first-order chi connectivity index (χ1) is 10.5. The number of hydrogen-bond acceptors (Lipinski definition) is 5. The summed E-state index contributed by atoms with van der Waals surface area (Å²) in [6, 6.07) is 7.79. The predicted octanol–water partition coefficient (Wildman–Crippen LogP) is 3.05. The summed E-state index contributed by atoms with van der Waals surface area (Å²) in [5.41, 5.74) is 7.38. The molecule has 0 radical (unpaired) electrons. The van der Waals surface area contributed by atoms with E-state index in [4.69, 9.17) is 10.5 Å². The largest absolute Gasteiger partial charge is 0.494 e. The lowest BCUT2D eigenvalue weighted by Crippen LogP contribution is -2.26. The Kier molecular flexibility index (Phi) is 5.51. The number of rotatable bonds is 6. The number of ether oxygens (including phenoxy) is 1. The highest BCUT2D eigenvalue weighted by molar-refractivity contribution is 7.16. The number of aromatic nitrogens is 1. The molecule has 118 valence electrons. The molecule has 1 unspecified atom stereocenters. The number of carbonyl (C=O) groups is 1. The highest BCUT2D eigenvalue weighted by Crippen LogP contribution is 2.31. The molecule has 0 aliphatic rings. The molecular weight excluding hydrogens is 298 g/mol. The molecule has 3 N–H and O–H groups in total. The average Bonchev–Trinajstić information content (AvgIpc) is 2.88. The summed E-state index contributed by atoms with van der Waals surface area (Å²) in [7, 11) is 0. The molecule has 0 spiro atoms. The summed E-state index contributed by atoms with van der Waals surface area (Å²) in [5.74, 6) is 0.511. The van der Waals surface area contributed by atoms with Crippen molar-refractivity contribution in [1.29, 1.82) is 0 Å². The first kappa shape index (κ1) is 16.5. The van der Waals surface area contributed by atoms with Gasteiger partial charge in [0.05, 0.1) is 12.3 Å². The molecule has 0 fully saturated rings. The molecule has 2 rings (SSSR count). The summed E-state index contributed by atoms with van der Waals surface area (Å²) in [4.78, 5) is 17.4. The van der Waals surface area contributed by atoms with Crippen molar-refractivity contribution < 1.29 is 9.53 Å². The smallest absolute Gasteiger partial charge is 0.230 e. The molecule has 0 saturated heterocycles. The van der Waals surface area contributed by atoms with Gasteiger partial charge in [-0.25, -0.2) is 4.98 Å². The molecular formula is C16H21N3O2S. The Hall–Kier alpha value is -1.92. The lowest BCUT2D eigenvalue weighted by molar-refractivity contribution is -0.119. The minimum absolute atomic E-state index is 0.102. The molecule has 1 heterocycles. The lowest BCUT2D eigenvalue weighted by Gasteiger charge is -2.06. The lowest BCUT2D eigenvalue weighted by atomic mass is 10.1.